The van der Waals surface area contributed by atoms with Crippen molar-refractivity contribution in [2.24, 2.45) is 10.9 Å². The highest BCUT2D eigenvalue weighted by Gasteiger charge is 2.46. The highest BCUT2D eigenvalue weighted by Crippen LogP contribution is 2.46. The molecule has 1 saturated carbocycles. The number of Topliss-reactive ketones (excluding diaryl/α,β-unsaturated/α-hetero) is 1. The molecule has 2 aliphatic heterocycles. The first-order valence-electron chi connectivity index (χ1n) is 7.51. The molecule has 0 bridgehead atoms. The summed E-state index contributed by atoms with van der Waals surface area (Å²) in [5.41, 5.74) is 2.75. The molecular weight excluding hydrogens is 365 g/mol. The molecule has 2 unspecified atom stereocenters. The van der Waals surface area contributed by atoms with Crippen molar-refractivity contribution in [1.29, 1.82) is 0 Å². The predicted octanol–water partition coefficient (Wildman–Crippen LogP) is 3.31. The van der Waals surface area contributed by atoms with Crippen LogP contribution in [0.2, 0.25) is 0 Å². The highest BCUT2D eigenvalue weighted by molar-refractivity contribution is 9.10. The van der Waals surface area contributed by atoms with Gasteiger partial charge < -0.3 is 4.74 Å². The molecule has 1 aliphatic carbocycles. The number of ketones is 1. The minimum absolute atomic E-state index is 0.0825. The van der Waals surface area contributed by atoms with Gasteiger partial charge in [-0.25, -0.2) is 9.18 Å². The monoisotopic (exact) mass is 377 g/mol. The fraction of sp³-hybridized carbons (Fsp3) is 0.353. The molecule has 1 aromatic rings. The van der Waals surface area contributed by atoms with Crippen molar-refractivity contribution in [2.45, 2.75) is 25.2 Å². The van der Waals surface area contributed by atoms with E-state index in [4.69, 9.17) is 4.74 Å². The molecule has 4 rings (SSSR count). The minimum atomic E-state index is -0.434. The van der Waals surface area contributed by atoms with Gasteiger partial charge in [-0.3, -0.25) is 9.79 Å². The zero-order valence-electron chi connectivity index (χ0n) is 12.1. The molecule has 1 fully saturated rings. The normalized spacial score (nSPS) is 26.6. The number of esters is 1. The van der Waals surface area contributed by atoms with E-state index in [9.17, 15) is 14.0 Å². The van der Waals surface area contributed by atoms with Crippen molar-refractivity contribution in [1.82, 2.24) is 0 Å². The largest absolute Gasteiger partial charge is 0.462 e. The Bertz CT molecular complexity index is 799. The smallest absolute Gasteiger partial charge is 0.336 e. The van der Waals surface area contributed by atoms with E-state index >= 15 is 0 Å². The van der Waals surface area contributed by atoms with E-state index in [1.165, 1.54) is 6.07 Å². The Kier molecular flexibility index (Phi) is 3.44. The van der Waals surface area contributed by atoms with Crippen LogP contribution < -0.4 is 0 Å². The number of nitrogens with zero attached hydrogens (tertiary/aromatic N) is 1. The van der Waals surface area contributed by atoms with E-state index in [-0.39, 0.29) is 11.6 Å². The Morgan fingerprint density at radius 2 is 2.00 bits per heavy atom. The van der Waals surface area contributed by atoms with Crippen LogP contribution in [0.5, 0.6) is 0 Å². The number of halogens is 2. The van der Waals surface area contributed by atoms with Gasteiger partial charge in [0.1, 0.15) is 11.6 Å². The van der Waals surface area contributed by atoms with Crippen molar-refractivity contribution in [3.63, 3.8) is 0 Å². The summed E-state index contributed by atoms with van der Waals surface area (Å²) in [6, 6.07) is 4.62. The predicted molar refractivity (Wildman–Crippen MR) is 84.6 cm³/mol. The van der Waals surface area contributed by atoms with Crippen molar-refractivity contribution in [2.75, 3.05) is 6.61 Å². The van der Waals surface area contributed by atoms with E-state index in [0.717, 1.165) is 11.3 Å². The van der Waals surface area contributed by atoms with Crippen LogP contribution in [0.25, 0.3) is 0 Å². The number of hydrogen-bond acceptors (Lipinski definition) is 4. The minimum Gasteiger partial charge on any atom is -0.462 e. The Hall–Kier alpha value is -1.82. The van der Waals surface area contributed by atoms with Crippen LogP contribution in [0.1, 0.15) is 30.7 Å². The molecular formula is C17H13BrFNO3. The molecule has 2 atom stereocenters. The number of rotatable bonds is 1. The van der Waals surface area contributed by atoms with Gasteiger partial charge in [0.15, 0.2) is 0 Å². The van der Waals surface area contributed by atoms with E-state index in [0.29, 0.717) is 41.6 Å². The SMILES string of the molecule is O=C1OCCC2=C1C(c1ccc(F)c(Br)c1)C1C(=O)CCC1=N2. The van der Waals surface area contributed by atoms with Crippen molar-refractivity contribution < 1.29 is 18.7 Å². The van der Waals surface area contributed by atoms with E-state index in [2.05, 4.69) is 20.9 Å². The van der Waals surface area contributed by atoms with Crippen LogP contribution in [0.4, 0.5) is 4.39 Å². The summed E-state index contributed by atoms with van der Waals surface area (Å²) in [5.74, 6) is -1.58. The first-order valence-corrected chi connectivity index (χ1v) is 8.31. The van der Waals surface area contributed by atoms with Gasteiger partial charge >= 0.3 is 5.97 Å². The van der Waals surface area contributed by atoms with Gasteiger partial charge in [0.25, 0.3) is 0 Å². The number of carbonyl (C=O) groups excluding carboxylic acids is 2. The first-order chi connectivity index (χ1) is 11.1. The highest BCUT2D eigenvalue weighted by atomic mass is 79.9. The summed E-state index contributed by atoms with van der Waals surface area (Å²) in [6.07, 6.45) is 1.64. The molecule has 3 aliphatic rings. The summed E-state index contributed by atoms with van der Waals surface area (Å²) < 4.78 is 19.1. The third-order valence-corrected chi connectivity index (χ3v) is 5.27. The molecule has 0 N–H and O–H groups in total. The Morgan fingerprint density at radius 1 is 1.17 bits per heavy atom. The van der Waals surface area contributed by atoms with Crippen LogP contribution in [-0.2, 0) is 14.3 Å². The molecule has 2 heterocycles. The second-order valence-corrected chi connectivity index (χ2v) is 6.80. The average Bonchev–Trinajstić information content (AvgIpc) is 2.90. The molecule has 4 nitrogen and oxygen atoms in total. The second kappa shape index (κ2) is 5.37. The van der Waals surface area contributed by atoms with E-state index in [1.807, 2.05) is 0 Å². The molecule has 6 heteroatoms. The second-order valence-electron chi connectivity index (χ2n) is 5.94. The van der Waals surface area contributed by atoms with Crippen LogP contribution in [-0.4, -0.2) is 24.1 Å². The van der Waals surface area contributed by atoms with Gasteiger partial charge in [-0.1, -0.05) is 6.07 Å². The molecule has 1 aromatic carbocycles. The van der Waals surface area contributed by atoms with Gasteiger partial charge in [-0.2, -0.15) is 0 Å². The number of ether oxygens (including phenoxy) is 1. The van der Waals surface area contributed by atoms with Gasteiger partial charge in [-0.05, 0) is 40.0 Å². The lowest BCUT2D eigenvalue weighted by atomic mass is 9.75. The third kappa shape index (κ3) is 2.27. The maximum atomic E-state index is 13.6. The number of aliphatic imine (C=N–C) groups is 1. The lowest BCUT2D eigenvalue weighted by Gasteiger charge is -2.32. The Balaban J connectivity index is 1.91. The molecule has 0 saturated heterocycles. The molecule has 118 valence electrons. The number of cyclic esters (lactones) is 1. The molecule has 0 radical (unpaired) electrons. The number of carbonyl (C=O) groups is 2. The molecule has 0 amide bonds. The Labute approximate surface area is 140 Å². The van der Waals surface area contributed by atoms with Crippen molar-refractivity contribution >= 4 is 33.4 Å². The maximum Gasteiger partial charge on any atom is 0.336 e. The zero-order valence-corrected chi connectivity index (χ0v) is 13.7. The fourth-order valence-corrected chi connectivity index (χ4v) is 4.05. The molecule has 0 aromatic heterocycles. The first kappa shape index (κ1) is 14.8. The number of hydrogen-bond donors (Lipinski definition) is 0. The zero-order chi connectivity index (χ0) is 16.1. The van der Waals surface area contributed by atoms with Gasteiger partial charge in [-0.15, -0.1) is 0 Å². The summed E-state index contributed by atoms with van der Waals surface area (Å²) in [4.78, 5) is 29.3. The Morgan fingerprint density at radius 3 is 2.78 bits per heavy atom. The average molecular weight is 378 g/mol. The molecule has 23 heavy (non-hydrogen) atoms. The molecule has 0 spiro atoms. The van der Waals surface area contributed by atoms with E-state index < -0.39 is 17.8 Å². The van der Waals surface area contributed by atoms with Crippen LogP contribution in [0, 0.1) is 11.7 Å². The van der Waals surface area contributed by atoms with Crippen LogP contribution >= 0.6 is 15.9 Å². The summed E-state index contributed by atoms with van der Waals surface area (Å²) in [5, 5.41) is 0. The summed E-state index contributed by atoms with van der Waals surface area (Å²) in [7, 11) is 0. The summed E-state index contributed by atoms with van der Waals surface area (Å²) >= 11 is 3.18. The topological polar surface area (TPSA) is 55.7 Å². The van der Waals surface area contributed by atoms with Crippen LogP contribution in [0.15, 0.2) is 38.9 Å². The van der Waals surface area contributed by atoms with Gasteiger partial charge in [0.05, 0.1) is 28.3 Å². The van der Waals surface area contributed by atoms with Crippen LogP contribution in [0.3, 0.4) is 0 Å². The number of benzene rings is 1. The fourth-order valence-electron chi connectivity index (χ4n) is 3.65. The lowest BCUT2D eigenvalue weighted by molar-refractivity contribution is -0.140. The summed E-state index contributed by atoms with van der Waals surface area (Å²) in [6.45, 7) is 0.312. The van der Waals surface area contributed by atoms with Crippen molar-refractivity contribution in [3.8, 4) is 0 Å². The van der Waals surface area contributed by atoms with Crippen molar-refractivity contribution in [3.05, 3.63) is 45.3 Å². The number of fused-ring (bicyclic) bond motifs is 1. The lowest BCUT2D eigenvalue weighted by Crippen LogP contribution is -2.34. The maximum absolute atomic E-state index is 13.6. The third-order valence-electron chi connectivity index (χ3n) is 4.66. The quantitative estimate of drug-likeness (QED) is 0.705. The van der Waals surface area contributed by atoms with Gasteiger partial charge in [0.2, 0.25) is 0 Å². The van der Waals surface area contributed by atoms with E-state index in [1.54, 1.807) is 12.1 Å². The van der Waals surface area contributed by atoms with Gasteiger partial charge in [0, 0.05) is 24.5 Å². The standard InChI is InChI=1S/C17H13BrFNO3/c18-9-7-8(1-2-10(9)19)14-15-11(3-4-13(15)21)20-12-5-6-23-17(22)16(12)14/h1-2,7,14-15H,3-6H2.